The van der Waals surface area contributed by atoms with E-state index in [1.807, 2.05) is 4.57 Å². The van der Waals surface area contributed by atoms with Gasteiger partial charge in [0.2, 0.25) is 0 Å². The van der Waals surface area contributed by atoms with E-state index in [1.54, 1.807) is 18.2 Å². The van der Waals surface area contributed by atoms with Crippen molar-refractivity contribution in [2.45, 2.75) is 68.7 Å². The number of carbonyl (C=O) groups excluding carboxylic acids is 2. The Bertz CT molecular complexity index is 2090. The Morgan fingerprint density at radius 2 is 1.49 bits per heavy atom. The summed E-state index contributed by atoms with van der Waals surface area (Å²) in [7, 11) is 0. The third-order valence-electron chi connectivity index (χ3n) is 9.24. The zero-order valence-corrected chi connectivity index (χ0v) is 28.0. The number of aliphatic carboxylic acids is 1. The molecule has 1 aliphatic carbocycles. The second-order valence-electron chi connectivity index (χ2n) is 12.8. The number of rotatable bonds is 13. The first kappa shape index (κ1) is 37.2. The van der Waals surface area contributed by atoms with Crippen molar-refractivity contribution in [3.63, 3.8) is 0 Å². The van der Waals surface area contributed by atoms with Crippen LogP contribution in [-0.4, -0.2) is 72.6 Å². The second kappa shape index (κ2) is 16.0. The predicted octanol–water partition coefficient (Wildman–Crippen LogP) is 5.69. The standard InChI is InChI=1S/C39H35F3N2O9/c40-24-8-4-6-21(16-24)36(22-7-5-9-25(41)17-22)52-27-13-14-28(29(42)19-27)37-43-30-18-23(12-15-31(30)44(37)26-10-2-1-3-11-26)39(51)53-32(20-45)33(46)34(47)35(48)38(49)50/h4-9,12-20,26,32-36,46-48H,1-3,10-11H2,(H,49,50)/t32-,33+,34-,35-/m0/s1. The zero-order valence-electron chi connectivity index (χ0n) is 28.0. The molecule has 276 valence electrons. The molecular formula is C39H35F3N2O9. The van der Waals surface area contributed by atoms with Gasteiger partial charge in [-0.25, -0.2) is 27.7 Å². The molecule has 14 heteroatoms. The average Bonchev–Trinajstić information content (AvgIpc) is 3.53. The lowest BCUT2D eigenvalue weighted by Gasteiger charge is -2.26. The monoisotopic (exact) mass is 732 g/mol. The summed E-state index contributed by atoms with van der Waals surface area (Å²) in [5, 5.41) is 38.6. The van der Waals surface area contributed by atoms with E-state index in [9.17, 15) is 38.5 Å². The smallest absolute Gasteiger partial charge is 0.339 e. The number of hydrogen-bond donors (Lipinski definition) is 4. The number of carboxylic acids is 1. The van der Waals surface area contributed by atoms with Gasteiger partial charge in [0, 0.05) is 12.1 Å². The lowest BCUT2D eigenvalue weighted by molar-refractivity contribution is -0.164. The Hall–Kier alpha value is -5.57. The van der Waals surface area contributed by atoms with Gasteiger partial charge in [-0.3, -0.25) is 4.79 Å². The highest BCUT2D eigenvalue weighted by Crippen LogP contribution is 2.38. The Morgan fingerprint density at radius 3 is 2.08 bits per heavy atom. The van der Waals surface area contributed by atoms with E-state index in [0.29, 0.717) is 16.6 Å². The number of benzene rings is 4. The molecule has 1 fully saturated rings. The van der Waals surface area contributed by atoms with E-state index in [-0.39, 0.29) is 40.5 Å². The van der Waals surface area contributed by atoms with Gasteiger partial charge in [0.1, 0.15) is 47.3 Å². The molecule has 0 spiro atoms. The summed E-state index contributed by atoms with van der Waals surface area (Å²) in [5.74, 6) is -4.38. The second-order valence-corrected chi connectivity index (χ2v) is 12.8. The largest absolute Gasteiger partial charge is 0.481 e. The first-order valence-electron chi connectivity index (χ1n) is 16.9. The minimum Gasteiger partial charge on any atom is -0.481 e. The Labute approximate surface area is 300 Å². The van der Waals surface area contributed by atoms with E-state index in [0.717, 1.165) is 38.2 Å². The highest BCUT2D eigenvalue weighted by atomic mass is 19.1. The number of fused-ring (bicyclic) bond motifs is 1. The highest BCUT2D eigenvalue weighted by molar-refractivity contribution is 5.95. The van der Waals surface area contributed by atoms with Crippen LogP contribution in [0.15, 0.2) is 84.9 Å². The fourth-order valence-electron chi connectivity index (χ4n) is 6.58. The third-order valence-corrected chi connectivity index (χ3v) is 9.24. The van der Waals surface area contributed by atoms with Gasteiger partial charge in [-0.15, -0.1) is 0 Å². The van der Waals surface area contributed by atoms with E-state index in [1.165, 1.54) is 60.7 Å². The first-order chi connectivity index (χ1) is 25.4. The summed E-state index contributed by atoms with van der Waals surface area (Å²) in [6.07, 6.45) is -5.56. The van der Waals surface area contributed by atoms with E-state index in [2.05, 4.69) is 0 Å². The molecule has 1 saturated carbocycles. The molecule has 1 aromatic heterocycles. The zero-order chi connectivity index (χ0) is 37.8. The molecule has 6 rings (SSSR count). The van der Waals surface area contributed by atoms with Gasteiger partial charge in [0.15, 0.2) is 18.5 Å². The van der Waals surface area contributed by atoms with Crippen LogP contribution in [0.2, 0.25) is 0 Å². The van der Waals surface area contributed by atoms with Crippen molar-refractivity contribution in [3.05, 3.63) is 119 Å². The third kappa shape index (κ3) is 8.09. The normalized spacial score (nSPS) is 15.8. The van der Waals surface area contributed by atoms with Gasteiger partial charge in [-0.1, -0.05) is 43.5 Å². The van der Waals surface area contributed by atoms with Gasteiger partial charge in [0.25, 0.3) is 0 Å². The lowest BCUT2D eigenvalue weighted by atomic mass is 9.94. The van der Waals surface area contributed by atoms with Crippen molar-refractivity contribution in [2.75, 3.05) is 0 Å². The van der Waals surface area contributed by atoms with Gasteiger partial charge >= 0.3 is 11.9 Å². The molecule has 4 N–H and O–H groups in total. The molecule has 0 radical (unpaired) electrons. The van der Waals surface area contributed by atoms with Crippen LogP contribution >= 0.6 is 0 Å². The van der Waals surface area contributed by atoms with Crippen LogP contribution in [-0.2, 0) is 14.3 Å². The van der Waals surface area contributed by atoms with Crippen LogP contribution in [0.4, 0.5) is 13.2 Å². The van der Waals surface area contributed by atoms with E-state index in [4.69, 9.17) is 19.6 Å². The minimum atomic E-state index is -2.45. The molecule has 11 nitrogen and oxygen atoms in total. The first-order valence-corrected chi connectivity index (χ1v) is 16.9. The Kier molecular flexibility index (Phi) is 11.2. The maximum absolute atomic E-state index is 16.2. The maximum atomic E-state index is 16.2. The number of hydrogen-bond acceptors (Lipinski definition) is 9. The highest BCUT2D eigenvalue weighted by Gasteiger charge is 2.37. The maximum Gasteiger partial charge on any atom is 0.339 e. The number of nitrogens with zero attached hydrogens (tertiary/aromatic N) is 2. The molecule has 0 saturated heterocycles. The lowest BCUT2D eigenvalue weighted by Crippen LogP contribution is -2.49. The van der Waals surface area contributed by atoms with Crippen LogP contribution in [0.25, 0.3) is 22.4 Å². The molecule has 0 amide bonds. The molecule has 0 bridgehead atoms. The summed E-state index contributed by atoms with van der Waals surface area (Å²) in [6.45, 7) is 0. The van der Waals surface area contributed by atoms with Crippen LogP contribution in [0.3, 0.4) is 0 Å². The molecule has 4 aromatic carbocycles. The van der Waals surface area contributed by atoms with Gasteiger partial charge in [-0.05, 0) is 78.6 Å². The molecule has 0 aliphatic heterocycles. The number of carbonyl (C=O) groups is 3. The fraction of sp³-hybridized carbons (Fsp3) is 0.282. The van der Waals surface area contributed by atoms with Gasteiger partial charge < -0.3 is 34.5 Å². The van der Waals surface area contributed by atoms with Crippen molar-refractivity contribution in [3.8, 4) is 17.1 Å². The van der Waals surface area contributed by atoms with Crippen LogP contribution in [0.5, 0.6) is 5.75 Å². The fourth-order valence-corrected chi connectivity index (χ4v) is 6.58. The van der Waals surface area contributed by atoms with Crippen LogP contribution < -0.4 is 4.74 Å². The SMILES string of the molecule is O=C[C@H](OC(=O)c1ccc2c(c1)nc(-c1ccc(OC(c3cccc(F)c3)c3cccc(F)c3)cc1F)n2C1CCCCC1)[C@@H](O)[C@H](O)[C@H](O)C(=O)O. The summed E-state index contributed by atoms with van der Waals surface area (Å²) in [4.78, 5) is 40.4. The average molecular weight is 733 g/mol. The predicted molar refractivity (Wildman–Crippen MR) is 183 cm³/mol. The summed E-state index contributed by atoms with van der Waals surface area (Å²) in [5.41, 5.74) is 1.63. The number of halogens is 3. The molecular weight excluding hydrogens is 697 g/mol. The molecule has 1 aliphatic rings. The number of aldehydes is 1. The Morgan fingerprint density at radius 1 is 0.830 bits per heavy atom. The summed E-state index contributed by atoms with van der Waals surface area (Å²) < 4.78 is 57.7. The summed E-state index contributed by atoms with van der Waals surface area (Å²) in [6, 6.07) is 19.7. The van der Waals surface area contributed by atoms with E-state index < -0.39 is 59.9 Å². The topological polar surface area (TPSA) is 168 Å². The van der Waals surface area contributed by atoms with Crippen molar-refractivity contribution in [2.24, 2.45) is 0 Å². The van der Waals surface area contributed by atoms with Crippen molar-refractivity contribution in [1.82, 2.24) is 9.55 Å². The quantitative estimate of drug-likeness (QED) is 0.0873. The van der Waals surface area contributed by atoms with Crippen LogP contribution in [0.1, 0.15) is 65.7 Å². The van der Waals surface area contributed by atoms with Crippen molar-refractivity contribution >= 4 is 29.3 Å². The molecule has 5 aromatic rings. The van der Waals surface area contributed by atoms with Crippen molar-refractivity contribution < 1.29 is 57.5 Å². The van der Waals surface area contributed by atoms with Gasteiger partial charge in [0.05, 0.1) is 22.2 Å². The number of esters is 1. The summed E-state index contributed by atoms with van der Waals surface area (Å²) >= 11 is 0. The number of ether oxygens (including phenoxy) is 2. The minimum absolute atomic E-state index is 0.0105. The van der Waals surface area contributed by atoms with Crippen LogP contribution in [0, 0.1) is 17.5 Å². The number of aliphatic hydroxyl groups excluding tert-OH is 3. The number of carboxylic acid groups (broad SMARTS) is 1. The number of aliphatic hydroxyl groups is 3. The molecule has 0 unspecified atom stereocenters. The molecule has 1 heterocycles. The Balaban J connectivity index is 1.33. The van der Waals surface area contributed by atoms with Gasteiger partial charge in [-0.2, -0.15) is 0 Å². The molecule has 53 heavy (non-hydrogen) atoms. The number of imidazole rings is 1. The van der Waals surface area contributed by atoms with E-state index >= 15 is 4.39 Å². The number of aromatic nitrogens is 2. The molecule has 4 atom stereocenters. The van der Waals surface area contributed by atoms with Crippen molar-refractivity contribution in [1.29, 1.82) is 0 Å².